The monoisotopic (exact) mass is 454 g/mol. The molecule has 2 aromatic carbocycles. The topological polar surface area (TPSA) is 41.9 Å². The van der Waals surface area contributed by atoms with Crippen LogP contribution in [0.4, 0.5) is 24.5 Å². The van der Waals surface area contributed by atoms with Crippen molar-refractivity contribution in [1.29, 1.82) is 0 Å². The zero-order chi connectivity index (χ0) is 19.4. The Kier molecular flexibility index (Phi) is 5.81. The van der Waals surface area contributed by atoms with Gasteiger partial charge in [-0.05, 0) is 42.0 Å². The second-order valence-corrected chi connectivity index (χ2v) is 7.00. The van der Waals surface area contributed by atoms with E-state index in [0.29, 0.717) is 12.2 Å². The standard InChI is InChI=1S/C18H14BrF3N4S/c19-13-7-5-12(6-8-13)10-26-11-14(9-23-26)24-17(27)25-16-4-2-1-3-15(16)18(20,21)22/h1-9,11H,10H2,(H2,24,25,27). The number of halogens is 4. The van der Waals surface area contributed by atoms with Crippen molar-refractivity contribution in [1.82, 2.24) is 9.78 Å². The SMILES string of the molecule is FC(F)(F)c1ccccc1NC(=S)Nc1cnn(Cc2ccc(Br)cc2)c1. The summed E-state index contributed by atoms with van der Waals surface area (Å²) in [5.41, 5.74) is 0.756. The third kappa shape index (κ3) is 5.30. The van der Waals surface area contributed by atoms with Crippen molar-refractivity contribution in [2.24, 2.45) is 0 Å². The first-order chi connectivity index (χ1) is 12.8. The quantitative estimate of drug-likeness (QED) is 0.509. The first kappa shape index (κ1) is 19.4. The van der Waals surface area contributed by atoms with Gasteiger partial charge in [0.25, 0.3) is 0 Å². The maximum Gasteiger partial charge on any atom is 0.418 e. The van der Waals surface area contributed by atoms with Crippen LogP contribution in [-0.2, 0) is 12.7 Å². The largest absolute Gasteiger partial charge is 0.418 e. The van der Waals surface area contributed by atoms with Crippen LogP contribution in [0.1, 0.15) is 11.1 Å². The van der Waals surface area contributed by atoms with E-state index < -0.39 is 11.7 Å². The predicted octanol–water partition coefficient (Wildman–Crippen LogP) is 5.52. The van der Waals surface area contributed by atoms with E-state index in [1.54, 1.807) is 17.1 Å². The van der Waals surface area contributed by atoms with Gasteiger partial charge >= 0.3 is 6.18 Å². The summed E-state index contributed by atoms with van der Waals surface area (Å²) in [5.74, 6) is 0. The van der Waals surface area contributed by atoms with Crippen molar-refractivity contribution in [3.63, 3.8) is 0 Å². The van der Waals surface area contributed by atoms with Gasteiger partial charge in [-0.25, -0.2) is 0 Å². The molecule has 0 bridgehead atoms. The Morgan fingerprint density at radius 2 is 1.78 bits per heavy atom. The van der Waals surface area contributed by atoms with E-state index in [9.17, 15) is 13.2 Å². The average molecular weight is 455 g/mol. The molecule has 0 saturated carbocycles. The molecule has 0 amide bonds. The fourth-order valence-corrected chi connectivity index (χ4v) is 2.91. The number of rotatable bonds is 4. The van der Waals surface area contributed by atoms with Crippen LogP contribution in [0.3, 0.4) is 0 Å². The van der Waals surface area contributed by atoms with Gasteiger partial charge in [0.2, 0.25) is 0 Å². The van der Waals surface area contributed by atoms with E-state index >= 15 is 0 Å². The normalized spacial score (nSPS) is 11.3. The maximum atomic E-state index is 13.0. The highest BCUT2D eigenvalue weighted by atomic mass is 79.9. The molecule has 0 unspecified atom stereocenters. The molecule has 0 fully saturated rings. The molecule has 3 aromatic rings. The molecule has 3 rings (SSSR count). The molecule has 140 valence electrons. The van der Waals surface area contributed by atoms with Gasteiger partial charge in [0.15, 0.2) is 5.11 Å². The second-order valence-electron chi connectivity index (χ2n) is 5.68. The lowest BCUT2D eigenvalue weighted by molar-refractivity contribution is -0.136. The van der Waals surface area contributed by atoms with Gasteiger partial charge in [-0.15, -0.1) is 0 Å². The summed E-state index contributed by atoms with van der Waals surface area (Å²) in [6, 6.07) is 13.0. The van der Waals surface area contributed by atoms with E-state index in [-0.39, 0.29) is 10.8 Å². The number of nitrogens with zero attached hydrogens (tertiary/aromatic N) is 2. The Bertz CT molecular complexity index is 938. The fraction of sp³-hybridized carbons (Fsp3) is 0.111. The molecule has 27 heavy (non-hydrogen) atoms. The number of hydrogen-bond acceptors (Lipinski definition) is 2. The summed E-state index contributed by atoms with van der Waals surface area (Å²) in [4.78, 5) is 0. The highest BCUT2D eigenvalue weighted by Crippen LogP contribution is 2.34. The van der Waals surface area contributed by atoms with Gasteiger partial charge in [0, 0.05) is 10.7 Å². The van der Waals surface area contributed by atoms with Crippen molar-refractivity contribution in [2.45, 2.75) is 12.7 Å². The molecule has 2 N–H and O–H groups in total. The van der Waals surface area contributed by atoms with Gasteiger partial charge in [-0.1, -0.05) is 40.2 Å². The van der Waals surface area contributed by atoms with E-state index in [1.807, 2.05) is 24.3 Å². The molecular formula is C18H14BrF3N4S. The lowest BCUT2D eigenvalue weighted by Crippen LogP contribution is -2.21. The number of hydrogen-bond donors (Lipinski definition) is 2. The first-order valence-corrected chi connectivity index (χ1v) is 9.02. The van der Waals surface area contributed by atoms with E-state index in [1.165, 1.54) is 18.2 Å². The number of thiocarbonyl (C=S) groups is 1. The molecule has 1 aromatic heterocycles. The maximum absolute atomic E-state index is 13.0. The smallest absolute Gasteiger partial charge is 0.332 e. The van der Waals surface area contributed by atoms with Crippen molar-refractivity contribution in [3.05, 3.63) is 76.5 Å². The Morgan fingerprint density at radius 1 is 1.07 bits per heavy atom. The van der Waals surface area contributed by atoms with Crippen molar-refractivity contribution in [3.8, 4) is 0 Å². The van der Waals surface area contributed by atoms with E-state index in [0.717, 1.165) is 16.1 Å². The van der Waals surface area contributed by atoms with E-state index in [2.05, 4.69) is 31.7 Å². The Hall–Kier alpha value is -2.39. The van der Waals surface area contributed by atoms with Crippen molar-refractivity contribution >= 4 is 44.6 Å². The number of aromatic nitrogens is 2. The summed E-state index contributed by atoms with van der Waals surface area (Å²) in [6.45, 7) is 0.562. The molecule has 0 saturated heterocycles. The van der Waals surface area contributed by atoms with Gasteiger partial charge in [-0.2, -0.15) is 18.3 Å². The van der Waals surface area contributed by atoms with Crippen LogP contribution >= 0.6 is 28.1 Å². The van der Waals surface area contributed by atoms with Crippen molar-refractivity contribution < 1.29 is 13.2 Å². The molecule has 0 spiro atoms. The molecule has 1 heterocycles. The number of benzene rings is 2. The minimum Gasteiger partial charge on any atom is -0.332 e. The Balaban J connectivity index is 1.64. The average Bonchev–Trinajstić information content (AvgIpc) is 3.03. The number of anilines is 2. The number of nitrogens with one attached hydrogen (secondary N) is 2. The summed E-state index contributed by atoms with van der Waals surface area (Å²) in [7, 11) is 0. The summed E-state index contributed by atoms with van der Waals surface area (Å²) < 4.78 is 41.8. The molecular weight excluding hydrogens is 441 g/mol. The zero-order valence-corrected chi connectivity index (χ0v) is 16.2. The third-order valence-electron chi connectivity index (χ3n) is 3.63. The minimum absolute atomic E-state index is 0.0508. The van der Waals surface area contributed by atoms with Crippen LogP contribution in [0.5, 0.6) is 0 Å². The Labute approximate surface area is 167 Å². The van der Waals surface area contributed by atoms with Gasteiger partial charge < -0.3 is 10.6 Å². The zero-order valence-electron chi connectivity index (χ0n) is 13.8. The first-order valence-electron chi connectivity index (χ1n) is 7.82. The van der Waals surface area contributed by atoms with Gasteiger partial charge in [0.05, 0.1) is 29.7 Å². The summed E-state index contributed by atoms with van der Waals surface area (Å²) in [6.07, 6.45) is -1.18. The van der Waals surface area contributed by atoms with Crippen LogP contribution in [0.15, 0.2) is 65.4 Å². The van der Waals surface area contributed by atoms with Gasteiger partial charge in [-0.3, -0.25) is 4.68 Å². The fourth-order valence-electron chi connectivity index (χ4n) is 2.42. The molecule has 4 nitrogen and oxygen atoms in total. The molecule has 0 radical (unpaired) electrons. The predicted molar refractivity (Wildman–Crippen MR) is 107 cm³/mol. The highest BCUT2D eigenvalue weighted by Gasteiger charge is 2.33. The van der Waals surface area contributed by atoms with Crippen LogP contribution in [0, 0.1) is 0 Å². The Morgan fingerprint density at radius 3 is 2.48 bits per heavy atom. The molecule has 0 aliphatic rings. The van der Waals surface area contributed by atoms with Gasteiger partial charge in [0.1, 0.15) is 0 Å². The van der Waals surface area contributed by atoms with Crippen LogP contribution < -0.4 is 10.6 Å². The summed E-state index contributed by atoms with van der Waals surface area (Å²) in [5, 5.41) is 9.71. The van der Waals surface area contributed by atoms with Crippen molar-refractivity contribution in [2.75, 3.05) is 10.6 Å². The number of para-hydroxylation sites is 1. The molecule has 0 aliphatic heterocycles. The lowest BCUT2D eigenvalue weighted by Gasteiger charge is -2.15. The highest BCUT2D eigenvalue weighted by molar-refractivity contribution is 9.10. The van der Waals surface area contributed by atoms with Crippen LogP contribution in [0.2, 0.25) is 0 Å². The van der Waals surface area contributed by atoms with Crippen LogP contribution in [-0.4, -0.2) is 14.9 Å². The molecule has 0 aliphatic carbocycles. The lowest BCUT2D eigenvalue weighted by atomic mass is 10.1. The third-order valence-corrected chi connectivity index (χ3v) is 4.36. The minimum atomic E-state index is -4.46. The molecule has 0 atom stereocenters. The summed E-state index contributed by atoms with van der Waals surface area (Å²) >= 11 is 8.50. The number of alkyl halides is 3. The van der Waals surface area contributed by atoms with E-state index in [4.69, 9.17) is 12.2 Å². The second kappa shape index (κ2) is 8.10. The van der Waals surface area contributed by atoms with Crippen LogP contribution in [0.25, 0.3) is 0 Å². The molecule has 9 heteroatoms.